The van der Waals surface area contributed by atoms with Crippen molar-refractivity contribution in [1.29, 1.82) is 0 Å². The summed E-state index contributed by atoms with van der Waals surface area (Å²) in [6, 6.07) is 8.02. The molecule has 0 aliphatic carbocycles. The standard InChI is InChI=1S/C14H18ClN3/c1-3-13(16)14(18-9-8-17-10(18)2)11-4-6-12(15)7-5-11/h4-9,13-14H,3,16H2,1-2H3. The molecule has 1 heterocycles. The highest BCUT2D eigenvalue weighted by Gasteiger charge is 2.21. The van der Waals surface area contributed by atoms with Crippen LogP contribution in [0.4, 0.5) is 0 Å². The lowest BCUT2D eigenvalue weighted by molar-refractivity contribution is 0.451. The number of aryl methyl sites for hydroxylation is 1. The zero-order valence-corrected chi connectivity index (χ0v) is 11.4. The molecule has 0 bridgehead atoms. The summed E-state index contributed by atoms with van der Waals surface area (Å²) in [5.74, 6) is 0.971. The molecule has 2 aromatic rings. The third kappa shape index (κ3) is 2.57. The Balaban J connectivity index is 2.43. The highest BCUT2D eigenvalue weighted by molar-refractivity contribution is 6.30. The largest absolute Gasteiger partial charge is 0.326 e. The molecule has 0 radical (unpaired) electrons. The molecular weight excluding hydrogens is 246 g/mol. The summed E-state index contributed by atoms with van der Waals surface area (Å²) < 4.78 is 2.12. The van der Waals surface area contributed by atoms with Crippen LogP contribution in [0.15, 0.2) is 36.7 Å². The van der Waals surface area contributed by atoms with Crippen LogP contribution in [0.1, 0.15) is 30.8 Å². The highest BCUT2D eigenvalue weighted by Crippen LogP contribution is 2.25. The molecule has 1 aromatic carbocycles. The van der Waals surface area contributed by atoms with Gasteiger partial charge >= 0.3 is 0 Å². The molecule has 0 aliphatic rings. The van der Waals surface area contributed by atoms with Crippen molar-refractivity contribution in [2.24, 2.45) is 5.73 Å². The lowest BCUT2D eigenvalue weighted by Crippen LogP contribution is -2.32. The molecule has 0 saturated heterocycles. The van der Waals surface area contributed by atoms with E-state index >= 15 is 0 Å². The molecule has 2 atom stereocenters. The second-order valence-corrected chi connectivity index (χ2v) is 4.89. The quantitative estimate of drug-likeness (QED) is 0.921. The third-order valence-electron chi connectivity index (χ3n) is 3.25. The minimum Gasteiger partial charge on any atom is -0.326 e. The molecule has 1 aromatic heterocycles. The van der Waals surface area contributed by atoms with E-state index in [1.54, 1.807) is 6.20 Å². The molecule has 0 fully saturated rings. The highest BCUT2D eigenvalue weighted by atomic mass is 35.5. The predicted octanol–water partition coefficient (Wildman–Crippen LogP) is 3.17. The second kappa shape index (κ2) is 5.55. The van der Waals surface area contributed by atoms with Crippen molar-refractivity contribution in [3.63, 3.8) is 0 Å². The molecule has 0 aliphatic heterocycles. The number of rotatable bonds is 4. The van der Waals surface area contributed by atoms with Crippen LogP contribution in [0, 0.1) is 6.92 Å². The van der Waals surface area contributed by atoms with E-state index in [2.05, 4.69) is 16.5 Å². The number of aromatic nitrogens is 2. The van der Waals surface area contributed by atoms with Gasteiger partial charge in [0.25, 0.3) is 0 Å². The second-order valence-electron chi connectivity index (χ2n) is 4.45. The lowest BCUT2D eigenvalue weighted by atomic mass is 9.97. The summed E-state index contributed by atoms with van der Waals surface area (Å²) >= 11 is 5.94. The van der Waals surface area contributed by atoms with E-state index in [1.807, 2.05) is 37.4 Å². The van der Waals surface area contributed by atoms with E-state index in [9.17, 15) is 0 Å². The molecule has 0 saturated carbocycles. The Hall–Kier alpha value is -1.32. The van der Waals surface area contributed by atoms with Crippen LogP contribution in [0.25, 0.3) is 0 Å². The van der Waals surface area contributed by atoms with Gasteiger partial charge in [0.2, 0.25) is 0 Å². The van der Waals surface area contributed by atoms with Crippen LogP contribution in [-0.4, -0.2) is 15.6 Å². The van der Waals surface area contributed by atoms with Gasteiger partial charge in [-0.25, -0.2) is 4.98 Å². The average molecular weight is 264 g/mol. The van der Waals surface area contributed by atoms with E-state index in [0.29, 0.717) is 0 Å². The molecule has 18 heavy (non-hydrogen) atoms. The summed E-state index contributed by atoms with van der Waals surface area (Å²) in [6.07, 6.45) is 4.69. The molecule has 3 nitrogen and oxygen atoms in total. The van der Waals surface area contributed by atoms with Crippen molar-refractivity contribution in [2.75, 3.05) is 0 Å². The van der Waals surface area contributed by atoms with Crippen LogP contribution >= 0.6 is 11.6 Å². The Labute approximate surface area is 113 Å². The van der Waals surface area contributed by atoms with E-state index in [0.717, 1.165) is 22.8 Å². The third-order valence-corrected chi connectivity index (χ3v) is 3.50. The summed E-state index contributed by atoms with van der Waals surface area (Å²) in [6.45, 7) is 4.09. The number of hydrogen-bond acceptors (Lipinski definition) is 2. The summed E-state index contributed by atoms with van der Waals surface area (Å²) in [4.78, 5) is 4.28. The van der Waals surface area contributed by atoms with Crippen molar-refractivity contribution in [3.05, 3.63) is 53.1 Å². The first-order valence-electron chi connectivity index (χ1n) is 6.14. The van der Waals surface area contributed by atoms with Crippen molar-refractivity contribution in [1.82, 2.24) is 9.55 Å². The summed E-state index contributed by atoms with van der Waals surface area (Å²) in [5.41, 5.74) is 7.43. The van der Waals surface area contributed by atoms with E-state index in [4.69, 9.17) is 17.3 Å². The predicted molar refractivity (Wildman–Crippen MR) is 74.8 cm³/mol. The average Bonchev–Trinajstić information content (AvgIpc) is 2.78. The fraction of sp³-hybridized carbons (Fsp3) is 0.357. The number of nitrogens with zero attached hydrogens (tertiary/aromatic N) is 2. The van der Waals surface area contributed by atoms with Gasteiger partial charge in [0, 0.05) is 23.5 Å². The van der Waals surface area contributed by atoms with E-state index < -0.39 is 0 Å². The van der Waals surface area contributed by atoms with Gasteiger partial charge in [-0.2, -0.15) is 0 Å². The first-order chi connectivity index (χ1) is 8.63. The monoisotopic (exact) mass is 263 g/mol. The molecular formula is C14H18ClN3. The van der Waals surface area contributed by atoms with Gasteiger partial charge in [-0.05, 0) is 31.0 Å². The zero-order chi connectivity index (χ0) is 13.1. The number of benzene rings is 1. The van der Waals surface area contributed by atoms with Gasteiger partial charge in [-0.3, -0.25) is 0 Å². The minimum absolute atomic E-state index is 0.0547. The maximum absolute atomic E-state index is 6.27. The number of nitrogens with two attached hydrogens (primary N) is 1. The Morgan fingerprint density at radius 1 is 1.33 bits per heavy atom. The van der Waals surface area contributed by atoms with Crippen LogP contribution in [0.3, 0.4) is 0 Å². The maximum atomic E-state index is 6.27. The van der Waals surface area contributed by atoms with Crippen molar-refractivity contribution >= 4 is 11.6 Å². The van der Waals surface area contributed by atoms with Crippen LogP contribution in [0.5, 0.6) is 0 Å². The van der Waals surface area contributed by atoms with Gasteiger partial charge in [0.1, 0.15) is 5.82 Å². The van der Waals surface area contributed by atoms with Gasteiger partial charge in [0.15, 0.2) is 0 Å². The minimum atomic E-state index is 0.0547. The first kappa shape index (κ1) is 13.1. The number of halogens is 1. The summed E-state index contributed by atoms with van der Waals surface area (Å²) in [7, 11) is 0. The van der Waals surface area contributed by atoms with Gasteiger partial charge in [-0.15, -0.1) is 0 Å². The zero-order valence-electron chi connectivity index (χ0n) is 10.7. The Morgan fingerprint density at radius 2 is 2.00 bits per heavy atom. The van der Waals surface area contributed by atoms with Crippen LogP contribution in [0.2, 0.25) is 5.02 Å². The SMILES string of the molecule is CCC(N)C(c1ccc(Cl)cc1)n1ccnc1C. The van der Waals surface area contributed by atoms with Crippen molar-refractivity contribution in [3.8, 4) is 0 Å². The smallest absolute Gasteiger partial charge is 0.106 e. The molecule has 0 spiro atoms. The molecule has 4 heteroatoms. The van der Waals surface area contributed by atoms with Gasteiger partial charge < -0.3 is 10.3 Å². The normalized spacial score (nSPS) is 14.4. The van der Waals surface area contributed by atoms with Gasteiger partial charge in [-0.1, -0.05) is 30.7 Å². The molecule has 2 unspecified atom stereocenters. The maximum Gasteiger partial charge on any atom is 0.106 e. The van der Waals surface area contributed by atoms with E-state index in [1.165, 1.54) is 0 Å². The molecule has 96 valence electrons. The lowest BCUT2D eigenvalue weighted by Gasteiger charge is -2.26. The number of hydrogen-bond donors (Lipinski definition) is 1. The first-order valence-corrected chi connectivity index (χ1v) is 6.51. The van der Waals surface area contributed by atoms with Crippen LogP contribution in [-0.2, 0) is 0 Å². The molecule has 2 rings (SSSR count). The Kier molecular flexibility index (Phi) is 4.04. The van der Waals surface area contributed by atoms with Crippen molar-refractivity contribution in [2.45, 2.75) is 32.4 Å². The molecule has 0 amide bonds. The van der Waals surface area contributed by atoms with Gasteiger partial charge in [0.05, 0.1) is 6.04 Å². The summed E-state index contributed by atoms with van der Waals surface area (Å²) in [5, 5.41) is 0.741. The molecule has 2 N–H and O–H groups in total. The van der Waals surface area contributed by atoms with E-state index in [-0.39, 0.29) is 12.1 Å². The van der Waals surface area contributed by atoms with Crippen LogP contribution < -0.4 is 5.73 Å². The topological polar surface area (TPSA) is 43.8 Å². The Morgan fingerprint density at radius 3 is 2.50 bits per heavy atom. The number of imidazole rings is 1. The Bertz CT molecular complexity index is 504. The van der Waals surface area contributed by atoms with Crippen molar-refractivity contribution < 1.29 is 0 Å². The fourth-order valence-corrected chi connectivity index (χ4v) is 2.30. The fourth-order valence-electron chi connectivity index (χ4n) is 2.18.